The van der Waals surface area contributed by atoms with Gasteiger partial charge >= 0.3 is 0 Å². The lowest BCUT2D eigenvalue weighted by Gasteiger charge is -2.33. The number of nitrogens with zero attached hydrogens (tertiary/aromatic N) is 2. The number of benzene rings is 3. The van der Waals surface area contributed by atoms with Crippen molar-refractivity contribution in [1.29, 1.82) is 0 Å². The average molecular weight is 444 g/mol. The van der Waals surface area contributed by atoms with E-state index in [0.717, 1.165) is 51.1 Å². The first-order valence-electron chi connectivity index (χ1n) is 11.4. The van der Waals surface area contributed by atoms with Crippen molar-refractivity contribution in [2.24, 2.45) is 0 Å². The molecule has 0 saturated carbocycles. The molecule has 2 aliphatic rings. The van der Waals surface area contributed by atoms with E-state index in [1.807, 2.05) is 23.1 Å². The van der Waals surface area contributed by atoms with E-state index in [4.69, 9.17) is 0 Å². The van der Waals surface area contributed by atoms with E-state index in [9.17, 15) is 14.0 Å². The zero-order valence-electron chi connectivity index (χ0n) is 18.4. The monoisotopic (exact) mass is 443 g/mol. The average Bonchev–Trinajstić information content (AvgIpc) is 3.39. The van der Waals surface area contributed by atoms with Gasteiger partial charge in [0.25, 0.3) is 11.8 Å². The van der Waals surface area contributed by atoms with Gasteiger partial charge in [-0.05, 0) is 72.9 Å². The topological polar surface area (TPSA) is 52.7 Å². The Bertz CT molecular complexity index is 1190. The van der Waals surface area contributed by atoms with Gasteiger partial charge < -0.3 is 15.1 Å². The molecule has 1 saturated heterocycles. The molecule has 6 heteroatoms. The minimum Gasteiger partial charge on any atom is -0.366 e. The number of amides is 2. The normalized spacial score (nSPS) is 15.3. The third-order valence-electron chi connectivity index (χ3n) is 6.46. The Kier molecular flexibility index (Phi) is 5.82. The second-order valence-corrected chi connectivity index (χ2v) is 8.63. The summed E-state index contributed by atoms with van der Waals surface area (Å²) in [7, 11) is 0. The molecule has 1 N–H and O–H groups in total. The molecule has 0 unspecified atom stereocenters. The fraction of sp³-hybridized carbons (Fsp3) is 0.259. The Morgan fingerprint density at radius 1 is 0.848 bits per heavy atom. The van der Waals surface area contributed by atoms with Crippen LogP contribution in [0.3, 0.4) is 0 Å². The summed E-state index contributed by atoms with van der Waals surface area (Å²) in [4.78, 5) is 30.2. The number of anilines is 2. The largest absolute Gasteiger partial charge is 0.366 e. The predicted octanol–water partition coefficient (Wildman–Crippen LogP) is 4.88. The summed E-state index contributed by atoms with van der Waals surface area (Å²) in [6, 6.07) is 19.4. The van der Waals surface area contributed by atoms with Gasteiger partial charge in [-0.15, -0.1) is 0 Å². The van der Waals surface area contributed by atoms with Gasteiger partial charge in [0.15, 0.2) is 0 Å². The summed E-state index contributed by atoms with van der Waals surface area (Å²) in [6.07, 6.45) is 2.95. The van der Waals surface area contributed by atoms with Crippen molar-refractivity contribution >= 4 is 23.2 Å². The highest BCUT2D eigenvalue weighted by molar-refractivity contribution is 6.06. The highest BCUT2D eigenvalue weighted by atomic mass is 19.1. The molecule has 0 aromatic heterocycles. The van der Waals surface area contributed by atoms with E-state index in [0.29, 0.717) is 16.8 Å². The minimum atomic E-state index is -0.391. The maximum absolute atomic E-state index is 13.4. The van der Waals surface area contributed by atoms with Crippen molar-refractivity contribution in [2.75, 3.05) is 29.9 Å². The first kappa shape index (κ1) is 21.2. The Morgan fingerprint density at radius 3 is 2.33 bits per heavy atom. The maximum atomic E-state index is 13.4. The standard InChI is InChI=1S/C27H26FN3O2/c28-22-9-7-20(8-10-22)26(32)29-23-11-12-25(24(17-23)27(33)30-14-3-4-15-30)31-16-13-19-5-1-2-6-21(19)18-31/h1-2,5-12,17H,3-4,13-16,18H2,(H,29,32). The molecule has 3 aromatic rings. The minimum absolute atomic E-state index is 0.000704. The SMILES string of the molecule is O=C(Nc1ccc(N2CCc3ccccc3C2)c(C(=O)N2CCCC2)c1)c1ccc(F)cc1. The summed E-state index contributed by atoms with van der Waals surface area (Å²) >= 11 is 0. The lowest BCUT2D eigenvalue weighted by atomic mass is 9.98. The fourth-order valence-electron chi connectivity index (χ4n) is 4.66. The van der Waals surface area contributed by atoms with Gasteiger partial charge in [0.1, 0.15) is 5.82 Å². The summed E-state index contributed by atoms with van der Waals surface area (Å²) < 4.78 is 13.2. The van der Waals surface area contributed by atoms with Gasteiger partial charge in [-0.25, -0.2) is 4.39 Å². The zero-order chi connectivity index (χ0) is 22.8. The highest BCUT2D eigenvalue weighted by Gasteiger charge is 2.26. The Hall–Kier alpha value is -3.67. The van der Waals surface area contributed by atoms with E-state index in [1.165, 1.54) is 35.4 Å². The van der Waals surface area contributed by atoms with E-state index in [1.54, 1.807) is 6.07 Å². The Labute approximate surface area is 192 Å². The van der Waals surface area contributed by atoms with Crippen molar-refractivity contribution < 1.29 is 14.0 Å². The van der Waals surface area contributed by atoms with Gasteiger partial charge in [0.05, 0.1) is 5.56 Å². The Morgan fingerprint density at radius 2 is 1.58 bits per heavy atom. The van der Waals surface area contributed by atoms with Crippen LogP contribution in [0.4, 0.5) is 15.8 Å². The van der Waals surface area contributed by atoms with Crippen LogP contribution in [0.2, 0.25) is 0 Å². The van der Waals surface area contributed by atoms with E-state index < -0.39 is 5.82 Å². The molecule has 5 rings (SSSR count). The quantitative estimate of drug-likeness (QED) is 0.626. The van der Waals surface area contributed by atoms with Crippen LogP contribution in [0.25, 0.3) is 0 Å². The van der Waals surface area contributed by atoms with Crippen LogP contribution >= 0.6 is 0 Å². The lowest BCUT2D eigenvalue weighted by Crippen LogP contribution is -2.34. The number of carbonyl (C=O) groups excluding carboxylic acids is 2. The molecule has 1 fully saturated rings. The maximum Gasteiger partial charge on any atom is 0.256 e. The molecule has 33 heavy (non-hydrogen) atoms. The number of likely N-dealkylation sites (tertiary alicyclic amines) is 1. The molecule has 5 nitrogen and oxygen atoms in total. The molecule has 0 spiro atoms. The first-order chi connectivity index (χ1) is 16.1. The molecular formula is C27H26FN3O2. The van der Waals surface area contributed by atoms with E-state index in [2.05, 4.69) is 28.4 Å². The van der Waals surface area contributed by atoms with Gasteiger partial charge in [0.2, 0.25) is 0 Å². The molecule has 0 bridgehead atoms. The van der Waals surface area contributed by atoms with Crippen LogP contribution in [-0.4, -0.2) is 36.3 Å². The van der Waals surface area contributed by atoms with Gasteiger partial charge in [-0.1, -0.05) is 24.3 Å². The Balaban J connectivity index is 1.45. The summed E-state index contributed by atoms with van der Waals surface area (Å²) in [6.45, 7) is 3.09. The van der Waals surface area contributed by atoms with E-state index >= 15 is 0 Å². The second-order valence-electron chi connectivity index (χ2n) is 8.63. The number of halogens is 1. The number of nitrogens with one attached hydrogen (secondary N) is 1. The number of fused-ring (bicyclic) bond motifs is 1. The van der Waals surface area contributed by atoms with Gasteiger partial charge in [-0.2, -0.15) is 0 Å². The number of hydrogen-bond acceptors (Lipinski definition) is 3. The lowest BCUT2D eigenvalue weighted by molar-refractivity contribution is 0.0793. The molecule has 3 aromatic carbocycles. The first-order valence-corrected chi connectivity index (χ1v) is 11.4. The number of carbonyl (C=O) groups is 2. The van der Waals surface area contributed by atoms with Crippen LogP contribution in [0.1, 0.15) is 44.7 Å². The molecule has 168 valence electrons. The van der Waals surface area contributed by atoms with E-state index in [-0.39, 0.29) is 11.8 Å². The van der Waals surface area contributed by atoms with Crippen LogP contribution in [0.15, 0.2) is 66.7 Å². The van der Waals surface area contributed by atoms with Crippen LogP contribution in [0.5, 0.6) is 0 Å². The summed E-state index contributed by atoms with van der Waals surface area (Å²) in [5, 5.41) is 2.86. The smallest absolute Gasteiger partial charge is 0.256 e. The molecule has 0 radical (unpaired) electrons. The van der Waals surface area contributed by atoms with Crippen LogP contribution in [0, 0.1) is 5.82 Å². The second kappa shape index (κ2) is 9.06. The van der Waals surface area contributed by atoms with Crippen molar-refractivity contribution in [3.63, 3.8) is 0 Å². The van der Waals surface area contributed by atoms with Crippen molar-refractivity contribution in [3.05, 3.63) is 94.8 Å². The van der Waals surface area contributed by atoms with Gasteiger partial charge in [-0.3, -0.25) is 9.59 Å². The fourth-order valence-corrected chi connectivity index (χ4v) is 4.66. The zero-order valence-corrected chi connectivity index (χ0v) is 18.4. The van der Waals surface area contributed by atoms with Crippen molar-refractivity contribution in [2.45, 2.75) is 25.8 Å². The van der Waals surface area contributed by atoms with Crippen molar-refractivity contribution in [1.82, 2.24) is 4.90 Å². The van der Waals surface area contributed by atoms with Crippen LogP contribution in [-0.2, 0) is 13.0 Å². The highest BCUT2D eigenvalue weighted by Crippen LogP contribution is 2.31. The van der Waals surface area contributed by atoms with Gasteiger partial charge in [0, 0.05) is 43.1 Å². The summed E-state index contributed by atoms with van der Waals surface area (Å²) in [5.41, 5.74) is 5.03. The molecule has 0 aliphatic carbocycles. The third-order valence-corrected chi connectivity index (χ3v) is 6.46. The molecule has 2 aliphatic heterocycles. The predicted molar refractivity (Wildman–Crippen MR) is 127 cm³/mol. The molecule has 0 atom stereocenters. The van der Waals surface area contributed by atoms with Crippen molar-refractivity contribution in [3.8, 4) is 0 Å². The third kappa shape index (κ3) is 4.46. The number of rotatable bonds is 4. The van der Waals surface area contributed by atoms with Crippen LogP contribution < -0.4 is 10.2 Å². The summed E-state index contributed by atoms with van der Waals surface area (Å²) in [5.74, 6) is -0.731. The number of hydrogen-bond donors (Lipinski definition) is 1. The molecule has 2 amide bonds. The molecular weight excluding hydrogens is 417 g/mol. The molecule has 2 heterocycles.